The topological polar surface area (TPSA) is 47.0 Å². The minimum Gasteiger partial charge on any atom is -0.376 e. The minimum absolute atomic E-state index is 0.289. The van der Waals surface area contributed by atoms with Gasteiger partial charge in [-0.25, -0.2) is 0 Å². The van der Waals surface area contributed by atoms with Crippen LogP contribution < -0.4 is 5.32 Å². The summed E-state index contributed by atoms with van der Waals surface area (Å²) in [6.45, 7) is 5.80. The Kier molecular flexibility index (Phi) is 4.60. The van der Waals surface area contributed by atoms with Crippen molar-refractivity contribution >= 4 is 17.4 Å². The highest BCUT2D eigenvalue weighted by Gasteiger charge is 2.17. The lowest BCUT2D eigenvalue weighted by Gasteiger charge is -2.15. The van der Waals surface area contributed by atoms with E-state index in [0.29, 0.717) is 0 Å². The van der Waals surface area contributed by atoms with E-state index < -0.39 is 0 Å². The number of hydrogen-bond acceptors (Lipinski definition) is 4. The van der Waals surface area contributed by atoms with Crippen LogP contribution in [0.15, 0.2) is 24.3 Å². The van der Waals surface area contributed by atoms with Crippen LogP contribution in [0.4, 0.5) is 5.82 Å². The smallest absolute Gasteiger partial charge is 0.151 e. The van der Waals surface area contributed by atoms with Crippen molar-refractivity contribution in [3.05, 3.63) is 40.4 Å². The van der Waals surface area contributed by atoms with E-state index in [1.54, 1.807) is 0 Å². The molecule has 0 bridgehead atoms. The van der Waals surface area contributed by atoms with E-state index in [-0.39, 0.29) is 6.10 Å². The summed E-state index contributed by atoms with van der Waals surface area (Å²) in [7, 11) is 0. The molecule has 1 atom stereocenters. The second-order valence-corrected chi connectivity index (χ2v) is 6.11. The van der Waals surface area contributed by atoms with Crippen molar-refractivity contribution in [2.75, 3.05) is 18.5 Å². The molecule has 4 nitrogen and oxygen atoms in total. The minimum atomic E-state index is 0.289. The standard InChI is InChI=1S/C17H20ClN3O/c1-11-12(2)17(19-10-15-4-3-9-22-15)21-20-16(11)13-5-7-14(18)8-6-13/h5-8,15H,3-4,9-10H2,1-2H3,(H,19,21)/t15-/m1/s1. The first-order valence-corrected chi connectivity index (χ1v) is 7.98. The number of hydrogen-bond donors (Lipinski definition) is 1. The summed E-state index contributed by atoms with van der Waals surface area (Å²) in [5.41, 5.74) is 4.19. The fourth-order valence-electron chi connectivity index (χ4n) is 2.67. The van der Waals surface area contributed by atoms with E-state index in [4.69, 9.17) is 16.3 Å². The average molecular weight is 318 g/mol. The zero-order valence-electron chi connectivity index (χ0n) is 12.9. The van der Waals surface area contributed by atoms with Gasteiger partial charge in [0.25, 0.3) is 0 Å². The zero-order valence-corrected chi connectivity index (χ0v) is 13.7. The highest BCUT2D eigenvalue weighted by molar-refractivity contribution is 6.30. The van der Waals surface area contributed by atoms with Gasteiger partial charge in [-0.2, -0.15) is 0 Å². The maximum atomic E-state index is 5.94. The van der Waals surface area contributed by atoms with E-state index in [9.17, 15) is 0 Å². The Morgan fingerprint density at radius 1 is 1.18 bits per heavy atom. The predicted molar refractivity (Wildman–Crippen MR) is 89.4 cm³/mol. The summed E-state index contributed by atoms with van der Waals surface area (Å²) in [4.78, 5) is 0. The fourth-order valence-corrected chi connectivity index (χ4v) is 2.80. The van der Waals surface area contributed by atoms with Crippen molar-refractivity contribution in [3.8, 4) is 11.3 Å². The highest BCUT2D eigenvalue weighted by Crippen LogP contribution is 2.27. The second kappa shape index (κ2) is 6.63. The summed E-state index contributed by atoms with van der Waals surface area (Å²) in [5.74, 6) is 0.839. The molecule has 3 rings (SSSR count). The first-order valence-electron chi connectivity index (χ1n) is 7.60. The van der Waals surface area contributed by atoms with Crippen molar-refractivity contribution in [2.24, 2.45) is 0 Å². The Morgan fingerprint density at radius 3 is 2.64 bits per heavy atom. The van der Waals surface area contributed by atoms with Crippen LogP contribution in [0, 0.1) is 13.8 Å². The predicted octanol–water partition coefficient (Wildman–Crippen LogP) is 4.00. The molecule has 1 aliphatic heterocycles. The summed E-state index contributed by atoms with van der Waals surface area (Å²) in [6.07, 6.45) is 2.55. The van der Waals surface area contributed by atoms with Crippen molar-refractivity contribution < 1.29 is 4.74 Å². The Balaban J connectivity index is 1.79. The number of rotatable bonds is 4. The third-order valence-electron chi connectivity index (χ3n) is 4.16. The maximum absolute atomic E-state index is 5.94. The van der Waals surface area contributed by atoms with Gasteiger partial charge in [0.05, 0.1) is 11.8 Å². The normalized spacial score (nSPS) is 17.7. The molecule has 0 unspecified atom stereocenters. The molecular formula is C17H20ClN3O. The third-order valence-corrected chi connectivity index (χ3v) is 4.41. The lowest BCUT2D eigenvalue weighted by molar-refractivity contribution is 0.120. The molecule has 116 valence electrons. The van der Waals surface area contributed by atoms with E-state index >= 15 is 0 Å². The van der Waals surface area contributed by atoms with Crippen molar-refractivity contribution in [1.82, 2.24) is 10.2 Å². The van der Waals surface area contributed by atoms with Crippen molar-refractivity contribution in [3.63, 3.8) is 0 Å². The van der Waals surface area contributed by atoms with Crippen LogP contribution in [0.25, 0.3) is 11.3 Å². The molecule has 1 aromatic heterocycles. The van der Waals surface area contributed by atoms with Gasteiger partial charge in [0.15, 0.2) is 5.82 Å². The summed E-state index contributed by atoms with van der Waals surface area (Å²) in [6, 6.07) is 7.68. The second-order valence-electron chi connectivity index (χ2n) is 5.67. The number of nitrogens with zero attached hydrogens (tertiary/aromatic N) is 2. The molecule has 22 heavy (non-hydrogen) atoms. The van der Waals surface area contributed by atoms with Gasteiger partial charge >= 0.3 is 0 Å². The monoisotopic (exact) mass is 317 g/mol. The largest absolute Gasteiger partial charge is 0.376 e. The first-order chi connectivity index (χ1) is 10.6. The summed E-state index contributed by atoms with van der Waals surface area (Å²) in [5, 5.41) is 12.8. The molecule has 1 N–H and O–H groups in total. The molecule has 0 spiro atoms. The van der Waals surface area contributed by atoms with E-state index in [1.165, 1.54) is 0 Å². The molecule has 1 fully saturated rings. The quantitative estimate of drug-likeness (QED) is 0.925. The SMILES string of the molecule is Cc1c(NC[C@H]2CCCO2)nnc(-c2ccc(Cl)cc2)c1C. The summed E-state index contributed by atoms with van der Waals surface area (Å²) >= 11 is 5.94. The van der Waals surface area contributed by atoms with Crippen LogP contribution in [-0.2, 0) is 4.74 Å². The number of nitrogens with one attached hydrogen (secondary N) is 1. The molecule has 5 heteroatoms. The third kappa shape index (κ3) is 3.23. The molecule has 2 heterocycles. The van der Waals surface area contributed by atoms with Gasteiger partial charge in [-0.1, -0.05) is 23.7 Å². The van der Waals surface area contributed by atoms with E-state index in [0.717, 1.165) is 59.2 Å². The Morgan fingerprint density at radius 2 is 1.95 bits per heavy atom. The van der Waals surface area contributed by atoms with E-state index in [1.807, 2.05) is 24.3 Å². The van der Waals surface area contributed by atoms with Gasteiger partial charge < -0.3 is 10.1 Å². The van der Waals surface area contributed by atoms with Crippen LogP contribution in [-0.4, -0.2) is 29.5 Å². The van der Waals surface area contributed by atoms with Gasteiger partial charge in [0.2, 0.25) is 0 Å². The van der Waals surface area contributed by atoms with Gasteiger partial charge in [-0.15, -0.1) is 10.2 Å². The van der Waals surface area contributed by atoms with E-state index in [2.05, 4.69) is 29.4 Å². The molecule has 0 radical (unpaired) electrons. The molecule has 1 aromatic carbocycles. The van der Waals surface area contributed by atoms with Gasteiger partial charge in [-0.05, 0) is 49.9 Å². The van der Waals surface area contributed by atoms with Gasteiger partial charge in [-0.3, -0.25) is 0 Å². The molecule has 2 aromatic rings. The van der Waals surface area contributed by atoms with Crippen LogP contribution in [0.3, 0.4) is 0 Å². The Bertz CT molecular complexity index is 652. The Hall–Kier alpha value is -1.65. The van der Waals surface area contributed by atoms with Crippen LogP contribution in [0.2, 0.25) is 5.02 Å². The highest BCUT2D eigenvalue weighted by atomic mass is 35.5. The molecule has 0 amide bonds. The van der Waals surface area contributed by atoms with Crippen molar-refractivity contribution in [2.45, 2.75) is 32.8 Å². The molecule has 1 saturated heterocycles. The molecule has 0 saturated carbocycles. The van der Waals surface area contributed by atoms with Gasteiger partial charge in [0.1, 0.15) is 0 Å². The number of aromatic nitrogens is 2. The van der Waals surface area contributed by atoms with Crippen LogP contribution in [0.5, 0.6) is 0 Å². The first kappa shape index (κ1) is 15.3. The molecule has 1 aliphatic rings. The maximum Gasteiger partial charge on any atom is 0.151 e. The lowest BCUT2D eigenvalue weighted by atomic mass is 10.0. The average Bonchev–Trinajstić information content (AvgIpc) is 3.03. The number of benzene rings is 1. The van der Waals surface area contributed by atoms with Gasteiger partial charge in [0, 0.05) is 23.7 Å². The molecular weight excluding hydrogens is 298 g/mol. The van der Waals surface area contributed by atoms with Crippen LogP contribution >= 0.6 is 11.6 Å². The zero-order chi connectivity index (χ0) is 15.5. The van der Waals surface area contributed by atoms with Crippen LogP contribution in [0.1, 0.15) is 24.0 Å². The van der Waals surface area contributed by atoms with Crippen molar-refractivity contribution in [1.29, 1.82) is 0 Å². The number of ether oxygens (including phenoxy) is 1. The lowest BCUT2D eigenvalue weighted by Crippen LogP contribution is -2.20. The Labute approximate surface area is 135 Å². The molecule has 0 aliphatic carbocycles. The summed E-state index contributed by atoms with van der Waals surface area (Å²) < 4.78 is 5.63. The fraction of sp³-hybridized carbons (Fsp3) is 0.412. The number of anilines is 1. The number of halogens is 1.